The highest BCUT2D eigenvalue weighted by atomic mass is 19.4. The van der Waals surface area contributed by atoms with Gasteiger partial charge in [-0.3, -0.25) is 4.79 Å². The van der Waals surface area contributed by atoms with E-state index in [1.165, 1.54) is 0 Å². The molecule has 2 heterocycles. The van der Waals surface area contributed by atoms with Crippen molar-refractivity contribution in [2.45, 2.75) is 24.6 Å². The molecule has 9 nitrogen and oxygen atoms in total. The van der Waals surface area contributed by atoms with E-state index in [1.807, 2.05) is 5.32 Å². The number of nitrogens with one attached hydrogen (secondary N) is 1. The van der Waals surface area contributed by atoms with E-state index >= 15 is 0 Å². The SMILES string of the molecule is C=C(/C=N\C(C(=O)Nc1ccc(F)c([C@@]2(C)N=C(N)OCC2(F)F)n1)=C(N)N)C(F)(F)F. The number of hydrogen-bond donors (Lipinski definition) is 4. The lowest BCUT2D eigenvalue weighted by atomic mass is 9.89. The molecule has 0 spiro atoms. The predicted molar refractivity (Wildman–Crippen MR) is 102 cm³/mol. The van der Waals surface area contributed by atoms with Gasteiger partial charge in [0.2, 0.25) is 0 Å². The van der Waals surface area contributed by atoms with Crippen LogP contribution in [0.4, 0.5) is 32.2 Å². The highest BCUT2D eigenvalue weighted by Gasteiger charge is 2.57. The van der Waals surface area contributed by atoms with Crippen LogP contribution < -0.4 is 22.5 Å². The van der Waals surface area contributed by atoms with Crippen molar-refractivity contribution < 1.29 is 35.9 Å². The van der Waals surface area contributed by atoms with Crippen molar-refractivity contribution in [1.82, 2.24) is 4.98 Å². The fourth-order valence-corrected chi connectivity index (χ4v) is 2.37. The van der Waals surface area contributed by atoms with Crippen molar-refractivity contribution in [3.63, 3.8) is 0 Å². The van der Waals surface area contributed by atoms with E-state index in [0.717, 1.165) is 13.0 Å². The topological polar surface area (TPSA) is 154 Å². The molecule has 2 rings (SSSR count). The van der Waals surface area contributed by atoms with Crippen LogP contribution in [-0.2, 0) is 15.1 Å². The van der Waals surface area contributed by atoms with Gasteiger partial charge in [-0.1, -0.05) is 6.58 Å². The van der Waals surface area contributed by atoms with Gasteiger partial charge < -0.3 is 27.3 Å². The summed E-state index contributed by atoms with van der Waals surface area (Å²) in [6, 6.07) is 0.979. The number of amidine groups is 1. The van der Waals surface area contributed by atoms with Gasteiger partial charge >= 0.3 is 12.1 Å². The zero-order valence-electron chi connectivity index (χ0n) is 16.3. The van der Waals surface area contributed by atoms with E-state index in [9.17, 15) is 31.1 Å². The molecule has 0 radical (unpaired) electrons. The van der Waals surface area contributed by atoms with E-state index in [1.54, 1.807) is 0 Å². The maximum atomic E-state index is 14.5. The lowest BCUT2D eigenvalue weighted by molar-refractivity contribution is -0.118. The van der Waals surface area contributed by atoms with Crippen LogP contribution in [0.2, 0.25) is 0 Å². The Kier molecular flexibility index (Phi) is 6.42. The quantitative estimate of drug-likeness (QED) is 0.294. The van der Waals surface area contributed by atoms with Crippen LogP contribution in [0, 0.1) is 5.82 Å². The molecule has 0 saturated heterocycles. The van der Waals surface area contributed by atoms with Gasteiger partial charge in [0.25, 0.3) is 11.9 Å². The molecular weight excluding hydrogens is 448 g/mol. The zero-order valence-corrected chi connectivity index (χ0v) is 16.3. The average molecular weight is 465 g/mol. The van der Waals surface area contributed by atoms with Crippen LogP contribution in [0.1, 0.15) is 12.6 Å². The number of aliphatic imine (C=N–C) groups is 2. The summed E-state index contributed by atoms with van der Waals surface area (Å²) in [6.07, 6.45) is -4.62. The fraction of sp³-hybridized carbons (Fsp3) is 0.294. The molecule has 1 aliphatic heterocycles. The Labute approximate surface area is 176 Å². The Balaban J connectivity index is 2.39. The molecule has 1 aromatic rings. The normalized spacial score (nSPS) is 20.3. The summed E-state index contributed by atoms with van der Waals surface area (Å²) in [7, 11) is 0. The second-order valence-electron chi connectivity index (χ2n) is 6.58. The summed E-state index contributed by atoms with van der Waals surface area (Å²) in [6.45, 7) is 2.39. The second kappa shape index (κ2) is 8.39. The molecule has 0 bridgehead atoms. The number of nitrogens with zero attached hydrogens (tertiary/aromatic N) is 3. The van der Waals surface area contributed by atoms with Gasteiger partial charge in [0.15, 0.2) is 17.8 Å². The molecular formula is C17H17F6N7O2. The van der Waals surface area contributed by atoms with Crippen LogP contribution in [0.15, 0.2) is 45.8 Å². The Hall–Kier alpha value is -3.78. The Morgan fingerprint density at radius 1 is 1.34 bits per heavy atom. The molecule has 1 amide bonds. The third-order valence-electron chi connectivity index (χ3n) is 4.20. The van der Waals surface area contributed by atoms with E-state index < -0.39 is 70.6 Å². The van der Waals surface area contributed by atoms with Crippen LogP contribution in [0.3, 0.4) is 0 Å². The number of rotatable bonds is 5. The van der Waals surface area contributed by atoms with Gasteiger partial charge in [0.05, 0.1) is 5.57 Å². The highest BCUT2D eigenvalue weighted by molar-refractivity contribution is 6.04. The number of nitrogens with two attached hydrogens (primary N) is 3. The maximum absolute atomic E-state index is 14.5. The third-order valence-corrected chi connectivity index (χ3v) is 4.20. The van der Waals surface area contributed by atoms with E-state index in [-0.39, 0.29) is 6.21 Å². The van der Waals surface area contributed by atoms with Crippen molar-refractivity contribution >= 4 is 24.0 Å². The number of alkyl halides is 5. The number of carbonyl (C=O) groups is 1. The molecule has 15 heteroatoms. The van der Waals surface area contributed by atoms with Crippen molar-refractivity contribution in [3.8, 4) is 0 Å². The second-order valence-corrected chi connectivity index (χ2v) is 6.58. The zero-order chi connectivity index (χ0) is 24.5. The minimum absolute atomic E-state index is 0.208. The molecule has 0 aliphatic carbocycles. The number of aromatic nitrogens is 1. The van der Waals surface area contributed by atoms with Crippen LogP contribution in [0.25, 0.3) is 0 Å². The number of allylic oxidation sites excluding steroid dienone is 1. The lowest BCUT2D eigenvalue weighted by Crippen LogP contribution is -2.51. The van der Waals surface area contributed by atoms with Crippen molar-refractivity contribution in [3.05, 3.63) is 47.3 Å². The van der Waals surface area contributed by atoms with E-state index in [2.05, 4.69) is 26.3 Å². The van der Waals surface area contributed by atoms with Gasteiger partial charge in [-0.05, 0) is 19.1 Å². The van der Waals surface area contributed by atoms with Gasteiger partial charge in [-0.15, -0.1) is 0 Å². The lowest BCUT2D eigenvalue weighted by Gasteiger charge is -2.36. The van der Waals surface area contributed by atoms with Crippen LogP contribution in [0.5, 0.6) is 0 Å². The number of carbonyl (C=O) groups excluding carboxylic acids is 1. The Morgan fingerprint density at radius 3 is 2.53 bits per heavy atom. The van der Waals surface area contributed by atoms with Crippen LogP contribution >= 0.6 is 0 Å². The molecule has 1 aliphatic rings. The number of pyridine rings is 1. The fourth-order valence-electron chi connectivity index (χ4n) is 2.37. The van der Waals surface area contributed by atoms with Gasteiger partial charge in [0.1, 0.15) is 23.1 Å². The van der Waals surface area contributed by atoms with Crippen molar-refractivity contribution in [2.75, 3.05) is 11.9 Å². The third kappa shape index (κ3) is 4.92. The summed E-state index contributed by atoms with van der Waals surface area (Å²) in [5.41, 5.74) is 10.2. The maximum Gasteiger partial charge on any atom is 0.417 e. The van der Waals surface area contributed by atoms with Crippen LogP contribution in [-0.4, -0.2) is 41.8 Å². The minimum Gasteiger partial charge on any atom is -0.459 e. The first kappa shape index (κ1) is 24.5. The molecule has 7 N–H and O–H groups in total. The van der Waals surface area contributed by atoms with E-state index in [4.69, 9.17) is 17.2 Å². The minimum atomic E-state index is -4.82. The number of amides is 1. The first-order valence-electron chi connectivity index (χ1n) is 8.48. The Bertz CT molecular complexity index is 1030. The molecule has 0 aromatic carbocycles. The molecule has 32 heavy (non-hydrogen) atoms. The van der Waals surface area contributed by atoms with Gasteiger partial charge in [-0.2, -0.15) is 22.0 Å². The average Bonchev–Trinajstić information content (AvgIpc) is 2.65. The van der Waals surface area contributed by atoms with E-state index in [0.29, 0.717) is 6.07 Å². The molecule has 0 saturated carbocycles. The summed E-state index contributed by atoms with van der Waals surface area (Å²) < 4.78 is 85.3. The summed E-state index contributed by atoms with van der Waals surface area (Å²) in [5.74, 6) is -7.43. The molecule has 0 fully saturated rings. The first-order chi connectivity index (χ1) is 14.6. The van der Waals surface area contributed by atoms with Crippen molar-refractivity contribution in [1.29, 1.82) is 0 Å². The summed E-state index contributed by atoms with van der Waals surface area (Å²) >= 11 is 0. The number of hydrogen-bond acceptors (Lipinski definition) is 8. The van der Waals surface area contributed by atoms with Gasteiger partial charge in [-0.25, -0.2) is 19.4 Å². The summed E-state index contributed by atoms with van der Waals surface area (Å²) in [4.78, 5) is 22.7. The largest absolute Gasteiger partial charge is 0.459 e. The standard InChI is InChI=1S/C17H17F6N7O2/c1-7(17(21,22)23)5-27-10(12(24)25)13(31)29-9-4-3-8(18)11(28-9)15(2)16(19,20)6-32-14(26)30-15/h3-5H,1,6,24-25H2,2H3,(H2,26,30)(H,28,29,31)/b27-5-/t15-/m1/s1. The molecule has 0 unspecified atom stereocenters. The highest BCUT2D eigenvalue weighted by Crippen LogP contribution is 2.43. The predicted octanol–water partition coefficient (Wildman–Crippen LogP) is 1.63. The van der Waals surface area contributed by atoms with Gasteiger partial charge in [0, 0.05) is 6.21 Å². The smallest absolute Gasteiger partial charge is 0.417 e. The molecule has 174 valence electrons. The molecule has 1 aromatic heterocycles. The van der Waals surface area contributed by atoms with Crippen molar-refractivity contribution in [2.24, 2.45) is 27.2 Å². The summed E-state index contributed by atoms with van der Waals surface area (Å²) in [5, 5.41) is 2.03. The monoisotopic (exact) mass is 465 g/mol. The Morgan fingerprint density at radius 2 is 1.97 bits per heavy atom. The number of halogens is 6. The number of anilines is 1. The first-order valence-corrected chi connectivity index (χ1v) is 8.48. The number of ether oxygens (including phenoxy) is 1. The molecule has 1 atom stereocenters.